The quantitative estimate of drug-likeness (QED) is 0.339. The summed E-state index contributed by atoms with van der Waals surface area (Å²) in [4.78, 5) is 23.2. The molecule has 1 aliphatic carbocycles. The second-order valence-corrected chi connectivity index (χ2v) is 6.74. The van der Waals surface area contributed by atoms with Crippen molar-refractivity contribution in [3.05, 3.63) is 34.4 Å². The van der Waals surface area contributed by atoms with Gasteiger partial charge in [-0.2, -0.15) is 0 Å². The molecular formula is C20H26O4. The molecule has 1 aliphatic rings. The summed E-state index contributed by atoms with van der Waals surface area (Å²) < 4.78 is 11.5. The second-order valence-electron chi connectivity index (χ2n) is 6.74. The number of hydrogen-bond donors (Lipinski definition) is 0. The van der Waals surface area contributed by atoms with Crippen LogP contribution in [0.2, 0.25) is 0 Å². The highest BCUT2D eigenvalue weighted by atomic mass is 16.5. The molecule has 0 N–H and O–H groups in total. The van der Waals surface area contributed by atoms with E-state index < -0.39 is 5.97 Å². The Kier molecular flexibility index (Phi) is 5.81. The van der Waals surface area contributed by atoms with E-state index in [1.165, 1.54) is 12.5 Å². The Bertz CT molecular complexity index is 671. The number of allylic oxidation sites excluding steroid dienone is 2. The summed E-state index contributed by atoms with van der Waals surface area (Å²) in [6.07, 6.45) is 6.04. The molecule has 0 saturated carbocycles. The van der Waals surface area contributed by atoms with Crippen molar-refractivity contribution >= 4 is 12.3 Å². The Morgan fingerprint density at radius 3 is 2.58 bits per heavy atom. The van der Waals surface area contributed by atoms with Gasteiger partial charge in [-0.15, -0.1) is 0 Å². The van der Waals surface area contributed by atoms with Crippen molar-refractivity contribution in [2.24, 2.45) is 0 Å². The molecule has 2 rings (SSSR count). The highest BCUT2D eigenvalue weighted by Crippen LogP contribution is 2.44. The zero-order valence-electron chi connectivity index (χ0n) is 15.1. The van der Waals surface area contributed by atoms with Crippen molar-refractivity contribution in [3.8, 4) is 11.5 Å². The minimum absolute atomic E-state index is 0.0101. The van der Waals surface area contributed by atoms with E-state index in [-0.39, 0.29) is 12.0 Å². The van der Waals surface area contributed by atoms with Gasteiger partial charge in [0.15, 0.2) is 6.29 Å². The number of hydrogen-bond acceptors (Lipinski definition) is 4. The zero-order valence-corrected chi connectivity index (χ0v) is 15.1. The number of esters is 1. The van der Waals surface area contributed by atoms with Crippen molar-refractivity contribution in [1.82, 2.24) is 0 Å². The van der Waals surface area contributed by atoms with Gasteiger partial charge in [-0.1, -0.05) is 11.6 Å². The summed E-state index contributed by atoms with van der Waals surface area (Å²) in [7, 11) is 0. The lowest BCUT2D eigenvalue weighted by molar-refractivity contribution is -0.131. The van der Waals surface area contributed by atoms with Crippen LogP contribution in [0.1, 0.15) is 74.4 Å². The maximum absolute atomic E-state index is 11.6. The topological polar surface area (TPSA) is 52.6 Å². The molecule has 0 spiro atoms. The van der Waals surface area contributed by atoms with Crippen molar-refractivity contribution in [3.63, 3.8) is 0 Å². The molecule has 0 fully saturated rings. The average Bonchev–Trinajstić information content (AvgIpc) is 2.46. The number of ether oxygens (including phenoxy) is 2. The highest BCUT2D eigenvalue weighted by molar-refractivity contribution is 5.86. The van der Waals surface area contributed by atoms with Crippen molar-refractivity contribution < 1.29 is 19.1 Å². The predicted molar refractivity (Wildman–Crippen MR) is 94.0 cm³/mol. The SMILES string of the molecule is CC(=O)Oc1c(C=O)c(C)cc(OC(C)C)c1C1C=C(C)CCC1. The summed E-state index contributed by atoms with van der Waals surface area (Å²) in [5.41, 5.74) is 3.29. The van der Waals surface area contributed by atoms with Crippen LogP contribution in [0.15, 0.2) is 17.7 Å². The average molecular weight is 330 g/mol. The molecule has 0 heterocycles. The molecule has 0 radical (unpaired) electrons. The number of carbonyl (C=O) groups excluding carboxylic acids is 2. The number of carbonyl (C=O) groups is 2. The number of aldehydes is 1. The smallest absolute Gasteiger partial charge is 0.308 e. The van der Waals surface area contributed by atoms with E-state index >= 15 is 0 Å². The molecule has 130 valence electrons. The van der Waals surface area contributed by atoms with Gasteiger partial charge in [0.1, 0.15) is 11.5 Å². The van der Waals surface area contributed by atoms with Gasteiger partial charge >= 0.3 is 5.97 Å². The van der Waals surface area contributed by atoms with E-state index in [1.807, 2.05) is 26.8 Å². The summed E-state index contributed by atoms with van der Waals surface area (Å²) in [6, 6.07) is 1.88. The molecule has 1 aromatic carbocycles. The third kappa shape index (κ3) is 4.05. The zero-order chi connectivity index (χ0) is 17.9. The van der Waals surface area contributed by atoms with Crippen LogP contribution in [0.25, 0.3) is 0 Å². The van der Waals surface area contributed by atoms with Crippen LogP contribution < -0.4 is 9.47 Å². The fraction of sp³-hybridized carbons (Fsp3) is 0.500. The molecule has 4 heteroatoms. The summed E-state index contributed by atoms with van der Waals surface area (Å²) in [6.45, 7) is 9.21. The van der Waals surface area contributed by atoms with Gasteiger partial charge in [-0.25, -0.2) is 0 Å². The van der Waals surface area contributed by atoms with Gasteiger partial charge in [0, 0.05) is 18.4 Å². The summed E-state index contributed by atoms with van der Waals surface area (Å²) in [5.74, 6) is 0.697. The molecule has 1 aromatic rings. The Balaban J connectivity index is 2.71. The van der Waals surface area contributed by atoms with Crippen LogP contribution in [0.3, 0.4) is 0 Å². The van der Waals surface area contributed by atoms with Gasteiger partial charge in [0.2, 0.25) is 0 Å². The number of benzene rings is 1. The number of aryl methyl sites for hydroxylation is 1. The number of rotatable bonds is 5. The standard InChI is InChI=1S/C20H26O4/c1-12(2)23-18-10-14(4)17(11-21)20(24-15(5)22)19(18)16-8-6-7-13(3)9-16/h9-12,16H,6-8H2,1-5H3. The summed E-state index contributed by atoms with van der Waals surface area (Å²) >= 11 is 0. The first-order valence-corrected chi connectivity index (χ1v) is 8.48. The maximum Gasteiger partial charge on any atom is 0.308 e. The maximum atomic E-state index is 11.6. The Morgan fingerprint density at radius 2 is 2.04 bits per heavy atom. The minimum Gasteiger partial charge on any atom is -0.491 e. The molecule has 0 bridgehead atoms. The van der Waals surface area contributed by atoms with Crippen LogP contribution in [-0.4, -0.2) is 18.4 Å². The lowest BCUT2D eigenvalue weighted by Crippen LogP contribution is -2.15. The third-order valence-corrected chi connectivity index (χ3v) is 4.20. The molecular weight excluding hydrogens is 304 g/mol. The van der Waals surface area contributed by atoms with Gasteiger partial charge < -0.3 is 9.47 Å². The molecule has 0 amide bonds. The van der Waals surface area contributed by atoms with Gasteiger partial charge in [-0.05, 0) is 58.6 Å². The first-order chi connectivity index (χ1) is 11.3. The summed E-state index contributed by atoms with van der Waals surface area (Å²) in [5, 5.41) is 0. The van der Waals surface area contributed by atoms with Crippen molar-refractivity contribution in [2.45, 2.75) is 65.9 Å². The molecule has 1 unspecified atom stereocenters. The fourth-order valence-electron chi connectivity index (χ4n) is 3.23. The Hall–Kier alpha value is -2.10. The normalized spacial score (nSPS) is 17.4. The predicted octanol–water partition coefficient (Wildman–Crippen LogP) is 4.73. The lowest BCUT2D eigenvalue weighted by Gasteiger charge is -2.26. The van der Waals surface area contributed by atoms with E-state index in [0.717, 1.165) is 36.7 Å². The third-order valence-electron chi connectivity index (χ3n) is 4.20. The van der Waals surface area contributed by atoms with Crippen molar-refractivity contribution in [2.75, 3.05) is 0 Å². The van der Waals surface area contributed by atoms with E-state index in [9.17, 15) is 9.59 Å². The van der Waals surface area contributed by atoms with E-state index in [4.69, 9.17) is 9.47 Å². The molecule has 0 aromatic heterocycles. The molecule has 0 aliphatic heterocycles. The van der Waals surface area contributed by atoms with Crippen LogP contribution in [0.4, 0.5) is 0 Å². The molecule has 24 heavy (non-hydrogen) atoms. The largest absolute Gasteiger partial charge is 0.491 e. The molecule has 0 saturated heterocycles. The van der Waals surface area contributed by atoms with E-state index in [1.54, 1.807) is 0 Å². The fourth-order valence-corrected chi connectivity index (χ4v) is 3.23. The van der Waals surface area contributed by atoms with Crippen LogP contribution in [0, 0.1) is 6.92 Å². The van der Waals surface area contributed by atoms with Gasteiger partial charge in [0.05, 0.1) is 11.7 Å². The van der Waals surface area contributed by atoms with Crippen LogP contribution in [-0.2, 0) is 4.79 Å². The van der Waals surface area contributed by atoms with Crippen LogP contribution in [0.5, 0.6) is 11.5 Å². The molecule has 1 atom stereocenters. The molecule has 4 nitrogen and oxygen atoms in total. The van der Waals surface area contributed by atoms with Gasteiger partial charge in [-0.3, -0.25) is 9.59 Å². The first-order valence-electron chi connectivity index (χ1n) is 8.48. The highest BCUT2D eigenvalue weighted by Gasteiger charge is 2.27. The Labute approximate surface area is 143 Å². The van der Waals surface area contributed by atoms with Crippen molar-refractivity contribution in [1.29, 1.82) is 0 Å². The van der Waals surface area contributed by atoms with E-state index in [2.05, 4.69) is 13.0 Å². The Morgan fingerprint density at radius 1 is 1.33 bits per heavy atom. The van der Waals surface area contributed by atoms with Gasteiger partial charge in [0.25, 0.3) is 0 Å². The van der Waals surface area contributed by atoms with Crippen LogP contribution >= 0.6 is 0 Å². The monoisotopic (exact) mass is 330 g/mol. The minimum atomic E-state index is -0.433. The van der Waals surface area contributed by atoms with E-state index in [0.29, 0.717) is 17.1 Å². The lowest BCUT2D eigenvalue weighted by atomic mass is 9.83. The second kappa shape index (κ2) is 7.65. The first kappa shape index (κ1) is 18.2.